The Hall–Kier alpha value is -0.830. The van der Waals surface area contributed by atoms with Crippen molar-refractivity contribution in [2.45, 2.75) is 6.92 Å². The monoisotopic (exact) mass is 144 g/mol. The predicted octanol–water partition coefficient (Wildman–Crippen LogP) is 0.752. The van der Waals surface area contributed by atoms with Crippen LogP contribution in [0.4, 0.5) is 0 Å². The van der Waals surface area contributed by atoms with Gasteiger partial charge in [-0.25, -0.2) is 4.79 Å². The first-order valence-corrected chi connectivity index (χ1v) is 3.13. The predicted molar refractivity (Wildman–Crippen MR) is 37.6 cm³/mol. The molecule has 0 aliphatic rings. The average molecular weight is 144 g/mol. The van der Waals surface area contributed by atoms with Crippen molar-refractivity contribution in [2.75, 3.05) is 20.3 Å². The molecule has 58 valence electrons. The van der Waals surface area contributed by atoms with Crippen molar-refractivity contribution in [3.63, 3.8) is 0 Å². The quantitative estimate of drug-likeness (QED) is 0.431. The first kappa shape index (κ1) is 9.17. The van der Waals surface area contributed by atoms with E-state index in [-0.39, 0.29) is 5.97 Å². The fourth-order valence-electron chi connectivity index (χ4n) is 0.431. The van der Waals surface area contributed by atoms with Gasteiger partial charge in [-0.15, -0.1) is 0 Å². The van der Waals surface area contributed by atoms with Crippen LogP contribution < -0.4 is 0 Å². The van der Waals surface area contributed by atoms with Gasteiger partial charge in [-0.1, -0.05) is 6.08 Å². The minimum Gasteiger partial charge on any atom is -0.463 e. The lowest BCUT2D eigenvalue weighted by molar-refractivity contribution is -0.137. The topological polar surface area (TPSA) is 35.5 Å². The fourth-order valence-corrected chi connectivity index (χ4v) is 0.431. The Bertz CT molecular complexity index is 118. The number of rotatable bonds is 4. The summed E-state index contributed by atoms with van der Waals surface area (Å²) in [6.45, 7) is 2.62. The standard InChI is InChI=1S/C7H12O3/c1-3-10-7(8)5-4-6-9-2/h4-5H,3,6H2,1-2H3. The second-order valence-electron chi connectivity index (χ2n) is 1.61. The Morgan fingerprint density at radius 2 is 2.30 bits per heavy atom. The van der Waals surface area contributed by atoms with E-state index < -0.39 is 0 Å². The molecule has 0 radical (unpaired) electrons. The van der Waals surface area contributed by atoms with E-state index in [0.29, 0.717) is 13.2 Å². The number of ether oxygens (including phenoxy) is 2. The molecule has 3 nitrogen and oxygen atoms in total. The van der Waals surface area contributed by atoms with Crippen molar-refractivity contribution in [1.29, 1.82) is 0 Å². The van der Waals surface area contributed by atoms with Crippen molar-refractivity contribution in [1.82, 2.24) is 0 Å². The molecule has 0 aromatic rings. The molecule has 0 atom stereocenters. The van der Waals surface area contributed by atoms with Crippen molar-refractivity contribution in [3.05, 3.63) is 12.2 Å². The minimum absolute atomic E-state index is 0.320. The summed E-state index contributed by atoms with van der Waals surface area (Å²) in [5.41, 5.74) is 0. The van der Waals surface area contributed by atoms with E-state index in [2.05, 4.69) is 9.47 Å². The molecule has 0 heterocycles. The van der Waals surface area contributed by atoms with Crippen LogP contribution in [0.2, 0.25) is 0 Å². The highest BCUT2D eigenvalue weighted by molar-refractivity contribution is 5.81. The zero-order valence-corrected chi connectivity index (χ0v) is 6.29. The van der Waals surface area contributed by atoms with E-state index in [1.54, 1.807) is 20.1 Å². The van der Waals surface area contributed by atoms with E-state index in [1.807, 2.05) is 0 Å². The number of hydrogen-bond acceptors (Lipinski definition) is 3. The Morgan fingerprint density at radius 3 is 2.80 bits per heavy atom. The molecule has 0 saturated carbocycles. The van der Waals surface area contributed by atoms with E-state index in [9.17, 15) is 4.79 Å². The molecular formula is C7H12O3. The van der Waals surface area contributed by atoms with E-state index in [4.69, 9.17) is 0 Å². The Kier molecular flexibility index (Phi) is 5.77. The molecule has 0 bridgehead atoms. The third kappa shape index (κ3) is 5.31. The van der Waals surface area contributed by atoms with Gasteiger partial charge < -0.3 is 9.47 Å². The molecule has 0 spiro atoms. The summed E-state index contributed by atoms with van der Waals surface area (Å²) in [4.78, 5) is 10.6. The van der Waals surface area contributed by atoms with Gasteiger partial charge in [0.25, 0.3) is 0 Å². The molecule has 0 saturated heterocycles. The highest BCUT2D eigenvalue weighted by Crippen LogP contribution is 1.80. The second-order valence-corrected chi connectivity index (χ2v) is 1.61. The van der Waals surface area contributed by atoms with Crippen LogP contribution >= 0.6 is 0 Å². The molecule has 0 aliphatic heterocycles. The number of methoxy groups -OCH3 is 1. The summed E-state index contributed by atoms with van der Waals surface area (Å²) in [5, 5.41) is 0. The van der Waals surface area contributed by atoms with Gasteiger partial charge in [0, 0.05) is 13.2 Å². The zero-order valence-electron chi connectivity index (χ0n) is 6.29. The van der Waals surface area contributed by atoms with Gasteiger partial charge in [0.05, 0.1) is 13.2 Å². The van der Waals surface area contributed by atoms with Gasteiger partial charge in [-0.05, 0) is 6.92 Å². The van der Waals surface area contributed by atoms with Crippen LogP contribution in [0.25, 0.3) is 0 Å². The first-order chi connectivity index (χ1) is 4.81. The summed E-state index contributed by atoms with van der Waals surface area (Å²) < 4.78 is 9.28. The average Bonchev–Trinajstić information content (AvgIpc) is 1.89. The Labute approximate surface area is 60.6 Å². The van der Waals surface area contributed by atoms with Crippen molar-refractivity contribution in [2.24, 2.45) is 0 Å². The van der Waals surface area contributed by atoms with Crippen LogP contribution in [-0.4, -0.2) is 26.3 Å². The van der Waals surface area contributed by atoms with Crippen LogP contribution in [-0.2, 0) is 14.3 Å². The van der Waals surface area contributed by atoms with E-state index >= 15 is 0 Å². The summed E-state index contributed by atoms with van der Waals surface area (Å²) in [6.07, 6.45) is 2.96. The molecule has 0 amide bonds. The lowest BCUT2D eigenvalue weighted by Crippen LogP contribution is -1.99. The summed E-state index contributed by atoms with van der Waals surface area (Å²) in [7, 11) is 1.56. The molecule has 10 heavy (non-hydrogen) atoms. The van der Waals surface area contributed by atoms with E-state index in [0.717, 1.165) is 0 Å². The van der Waals surface area contributed by atoms with E-state index in [1.165, 1.54) is 6.08 Å². The van der Waals surface area contributed by atoms with Crippen LogP contribution in [0, 0.1) is 0 Å². The molecule has 0 aromatic heterocycles. The van der Waals surface area contributed by atoms with Crippen LogP contribution in [0.1, 0.15) is 6.92 Å². The maximum Gasteiger partial charge on any atom is 0.330 e. The Morgan fingerprint density at radius 1 is 1.60 bits per heavy atom. The number of hydrogen-bond donors (Lipinski definition) is 0. The zero-order chi connectivity index (χ0) is 7.82. The van der Waals surface area contributed by atoms with Gasteiger partial charge in [0.2, 0.25) is 0 Å². The summed E-state index contributed by atoms with van der Waals surface area (Å²) in [5.74, 6) is -0.320. The number of carbonyl (C=O) groups is 1. The van der Waals surface area contributed by atoms with Crippen molar-refractivity contribution >= 4 is 5.97 Å². The molecule has 0 aliphatic carbocycles. The maximum absolute atomic E-state index is 10.6. The summed E-state index contributed by atoms with van der Waals surface area (Å²) >= 11 is 0. The Balaban J connectivity index is 3.36. The minimum atomic E-state index is -0.320. The second kappa shape index (κ2) is 6.29. The third-order valence-corrected chi connectivity index (χ3v) is 0.803. The van der Waals surface area contributed by atoms with Crippen LogP contribution in [0.5, 0.6) is 0 Å². The molecule has 0 rings (SSSR count). The third-order valence-electron chi connectivity index (χ3n) is 0.803. The SMILES string of the molecule is CCOC(=O)C=CCOC. The molecule has 0 unspecified atom stereocenters. The first-order valence-electron chi connectivity index (χ1n) is 3.13. The summed E-state index contributed by atoms with van der Waals surface area (Å²) in [6, 6.07) is 0. The molecule has 0 fully saturated rings. The molecule has 0 N–H and O–H groups in total. The number of esters is 1. The van der Waals surface area contributed by atoms with Crippen molar-refractivity contribution in [3.8, 4) is 0 Å². The highest BCUT2D eigenvalue weighted by atomic mass is 16.5. The maximum atomic E-state index is 10.6. The van der Waals surface area contributed by atoms with Gasteiger partial charge in [0.15, 0.2) is 0 Å². The normalized spacial score (nSPS) is 10.2. The number of carbonyl (C=O) groups excluding carboxylic acids is 1. The van der Waals surface area contributed by atoms with Crippen molar-refractivity contribution < 1.29 is 14.3 Å². The van der Waals surface area contributed by atoms with Crippen LogP contribution in [0.3, 0.4) is 0 Å². The molecule has 3 heteroatoms. The van der Waals surface area contributed by atoms with Gasteiger partial charge in [-0.2, -0.15) is 0 Å². The van der Waals surface area contributed by atoms with Gasteiger partial charge >= 0.3 is 5.97 Å². The van der Waals surface area contributed by atoms with Gasteiger partial charge in [-0.3, -0.25) is 0 Å². The fraction of sp³-hybridized carbons (Fsp3) is 0.571. The lowest BCUT2D eigenvalue weighted by Gasteiger charge is -1.93. The highest BCUT2D eigenvalue weighted by Gasteiger charge is 1.90. The van der Waals surface area contributed by atoms with Crippen LogP contribution in [0.15, 0.2) is 12.2 Å². The van der Waals surface area contributed by atoms with Gasteiger partial charge in [0.1, 0.15) is 0 Å². The molecule has 0 aromatic carbocycles. The smallest absolute Gasteiger partial charge is 0.330 e. The molecular weight excluding hydrogens is 132 g/mol. The lowest BCUT2D eigenvalue weighted by atomic mass is 10.5. The largest absolute Gasteiger partial charge is 0.463 e.